The summed E-state index contributed by atoms with van der Waals surface area (Å²) in [6.07, 6.45) is 4.44. The average Bonchev–Trinajstić information content (AvgIpc) is 3.21. The van der Waals surface area contributed by atoms with Gasteiger partial charge in [0.2, 0.25) is 0 Å². The summed E-state index contributed by atoms with van der Waals surface area (Å²) in [5, 5.41) is 2.82. The molecule has 0 saturated heterocycles. The van der Waals surface area contributed by atoms with Gasteiger partial charge in [-0.15, -0.1) is 11.3 Å². The van der Waals surface area contributed by atoms with Crippen LogP contribution in [0.4, 0.5) is 0 Å². The first-order chi connectivity index (χ1) is 18.7. The Morgan fingerprint density at radius 2 is 1.75 bits per heavy atom. The summed E-state index contributed by atoms with van der Waals surface area (Å²) in [5.41, 5.74) is 3.71. The van der Waals surface area contributed by atoms with E-state index in [1.54, 1.807) is 0 Å². The normalized spacial score (nSPS) is 17.1. The number of hydrogen-bond acceptors (Lipinski definition) is 7. The van der Waals surface area contributed by atoms with Crippen LogP contribution in [0.5, 0.6) is 5.75 Å². The van der Waals surface area contributed by atoms with Crippen LogP contribution in [0, 0.1) is 23.7 Å². The van der Waals surface area contributed by atoms with E-state index in [0.717, 1.165) is 28.8 Å². The van der Waals surface area contributed by atoms with E-state index < -0.39 is 5.97 Å². The quantitative estimate of drug-likeness (QED) is 0.295. The summed E-state index contributed by atoms with van der Waals surface area (Å²) in [5.74, 6) is -0.114. The van der Waals surface area contributed by atoms with Crippen molar-refractivity contribution >= 4 is 29.2 Å². The predicted octanol–water partition coefficient (Wildman–Crippen LogP) is 6.91. The molecule has 7 nitrogen and oxygen atoms in total. The molecule has 1 N–H and O–H groups in total. The molecule has 8 heteroatoms. The number of methoxy groups -OCH3 is 2. The average molecular weight is 572 g/mol. The van der Waals surface area contributed by atoms with Crippen LogP contribution in [0.1, 0.15) is 93.4 Å². The molecule has 1 amide bonds. The number of ether oxygens (including phenoxy) is 3. The highest BCUT2D eigenvalue weighted by molar-refractivity contribution is 7.18. The lowest BCUT2D eigenvalue weighted by molar-refractivity contribution is -0.141. The van der Waals surface area contributed by atoms with Crippen molar-refractivity contribution in [1.82, 2.24) is 5.32 Å². The van der Waals surface area contributed by atoms with Crippen LogP contribution in [0.3, 0.4) is 0 Å². The van der Waals surface area contributed by atoms with E-state index in [4.69, 9.17) is 14.2 Å². The number of hydrogen-bond donors (Lipinski definition) is 1. The molecule has 1 saturated carbocycles. The fourth-order valence-electron chi connectivity index (χ4n) is 6.31. The monoisotopic (exact) mass is 571 g/mol. The zero-order valence-electron chi connectivity index (χ0n) is 25.3. The van der Waals surface area contributed by atoms with Crippen molar-refractivity contribution in [3.05, 3.63) is 40.3 Å². The first-order valence-electron chi connectivity index (χ1n) is 14.0. The molecule has 220 valence electrons. The van der Waals surface area contributed by atoms with Gasteiger partial charge in [-0.05, 0) is 66.4 Å². The Labute approximate surface area is 243 Å². The third kappa shape index (κ3) is 8.32. The number of esters is 2. The summed E-state index contributed by atoms with van der Waals surface area (Å²) in [4.78, 5) is 37.9. The van der Waals surface area contributed by atoms with Gasteiger partial charge in [0.1, 0.15) is 5.75 Å². The molecule has 1 aromatic carbocycles. The Bertz CT molecular complexity index is 1200. The minimum atomic E-state index is -0.488. The van der Waals surface area contributed by atoms with Gasteiger partial charge in [-0.3, -0.25) is 9.59 Å². The molecule has 0 radical (unpaired) electrons. The topological polar surface area (TPSA) is 90.9 Å². The van der Waals surface area contributed by atoms with E-state index in [0.29, 0.717) is 35.9 Å². The minimum absolute atomic E-state index is 0.0859. The van der Waals surface area contributed by atoms with Gasteiger partial charge in [0, 0.05) is 23.4 Å². The Kier molecular flexibility index (Phi) is 10.4. The summed E-state index contributed by atoms with van der Waals surface area (Å²) < 4.78 is 15.6. The lowest BCUT2D eigenvalue weighted by Crippen LogP contribution is -2.32. The zero-order chi connectivity index (χ0) is 29.7. The van der Waals surface area contributed by atoms with E-state index in [-0.39, 0.29) is 35.2 Å². The molecule has 0 bridgehead atoms. The molecular weight excluding hydrogens is 526 g/mol. The second-order valence-corrected chi connectivity index (χ2v) is 13.8. The number of carbonyl (C=O) groups is 3. The van der Waals surface area contributed by atoms with Crippen LogP contribution in [0.2, 0.25) is 0 Å². The van der Waals surface area contributed by atoms with E-state index in [1.807, 2.05) is 13.8 Å². The van der Waals surface area contributed by atoms with Gasteiger partial charge in [0.05, 0.1) is 14.2 Å². The number of nitrogens with one attached hydrogen (secondary N) is 1. The van der Waals surface area contributed by atoms with Gasteiger partial charge in [-0.1, -0.05) is 58.9 Å². The maximum Gasteiger partial charge on any atom is 0.351 e. The van der Waals surface area contributed by atoms with Crippen LogP contribution in [0.25, 0.3) is 10.4 Å². The van der Waals surface area contributed by atoms with Gasteiger partial charge < -0.3 is 19.5 Å². The number of carbonyl (C=O) groups excluding carboxylic acids is 3. The fourth-order valence-corrected chi connectivity index (χ4v) is 7.47. The van der Waals surface area contributed by atoms with E-state index in [9.17, 15) is 14.4 Å². The van der Waals surface area contributed by atoms with Gasteiger partial charge in [0.25, 0.3) is 5.91 Å². The second-order valence-electron chi connectivity index (χ2n) is 12.8. The maximum absolute atomic E-state index is 12.7. The van der Waals surface area contributed by atoms with Crippen molar-refractivity contribution in [3.8, 4) is 16.2 Å². The first-order valence-corrected chi connectivity index (χ1v) is 14.8. The van der Waals surface area contributed by atoms with Gasteiger partial charge in [0.15, 0.2) is 11.5 Å². The molecule has 1 aliphatic rings. The van der Waals surface area contributed by atoms with Crippen LogP contribution < -0.4 is 10.1 Å². The summed E-state index contributed by atoms with van der Waals surface area (Å²) in [6, 6.07) is 8.61. The molecule has 1 fully saturated rings. The molecular formula is C32H45NO6S. The van der Waals surface area contributed by atoms with E-state index >= 15 is 0 Å². The van der Waals surface area contributed by atoms with Crippen molar-refractivity contribution in [1.29, 1.82) is 0 Å². The first kappa shape index (κ1) is 31.7. The predicted molar refractivity (Wildman–Crippen MR) is 159 cm³/mol. The molecule has 1 heterocycles. The zero-order valence-corrected chi connectivity index (χ0v) is 26.1. The van der Waals surface area contributed by atoms with Gasteiger partial charge in [-0.25, -0.2) is 4.79 Å². The molecule has 1 aromatic heterocycles. The number of rotatable bonds is 11. The van der Waals surface area contributed by atoms with E-state index in [2.05, 4.69) is 57.3 Å². The number of thiophene rings is 1. The third-order valence-electron chi connectivity index (χ3n) is 7.69. The van der Waals surface area contributed by atoms with Crippen LogP contribution >= 0.6 is 11.3 Å². The van der Waals surface area contributed by atoms with Crippen molar-refractivity contribution in [2.45, 2.75) is 79.6 Å². The summed E-state index contributed by atoms with van der Waals surface area (Å²) in [6.45, 7) is 13.5. The Morgan fingerprint density at radius 3 is 2.38 bits per heavy atom. The standard InChI is InChI=1S/C32H45NO6S/c1-20(14-26(35)37-7)12-13-33-25(34)18-39-27-21(2)28(40-29(27)30(36)38-8)23-11-9-10-22(15-23)24-16-31(3,4)19-32(5,6)17-24/h9-11,15,20,24H,12-14,16-19H2,1-8H3,(H,33,34). The van der Waals surface area contributed by atoms with Crippen LogP contribution in [-0.4, -0.2) is 45.2 Å². The highest BCUT2D eigenvalue weighted by atomic mass is 32.1. The summed E-state index contributed by atoms with van der Waals surface area (Å²) in [7, 11) is 2.71. The second kappa shape index (κ2) is 13.2. The highest BCUT2D eigenvalue weighted by Gasteiger charge is 2.39. The van der Waals surface area contributed by atoms with Crippen molar-refractivity contribution in [3.63, 3.8) is 0 Å². The Morgan fingerprint density at radius 1 is 1.07 bits per heavy atom. The lowest BCUT2D eigenvalue weighted by Gasteiger charge is -2.45. The number of benzene rings is 1. The lowest BCUT2D eigenvalue weighted by atomic mass is 9.60. The molecule has 1 unspecified atom stereocenters. The van der Waals surface area contributed by atoms with Crippen molar-refractivity contribution in [2.75, 3.05) is 27.4 Å². The SMILES string of the molecule is COC(=O)CC(C)CCNC(=O)COc1c(C(=O)OC)sc(-c2cccc(C3CC(C)(C)CC(C)(C)C3)c2)c1C. The maximum atomic E-state index is 12.7. The molecule has 1 aliphatic carbocycles. The summed E-state index contributed by atoms with van der Waals surface area (Å²) >= 11 is 1.33. The molecule has 3 rings (SSSR count). The van der Waals surface area contributed by atoms with Gasteiger partial charge >= 0.3 is 11.9 Å². The Balaban J connectivity index is 1.76. The van der Waals surface area contributed by atoms with Crippen LogP contribution in [-0.2, 0) is 19.1 Å². The fraction of sp³-hybridized carbons (Fsp3) is 0.594. The highest BCUT2D eigenvalue weighted by Crippen LogP contribution is 2.52. The molecule has 0 aliphatic heterocycles. The van der Waals surface area contributed by atoms with Crippen molar-refractivity contribution < 1.29 is 28.6 Å². The molecule has 2 aromatic rings. The minimum Gasteiger partial charge on any atom is -0.482 e. The molecule has 0 spiro atoms. The number of amides is 1. The molecule has 40 heavy (non-hydrogen) atoms. The molecule has 1 atom stereocenters. The van der Waals surface area contributed by atoms with Crippen molar-refractivity contribution in [2.24, 2.45) is 16.7 Å². The van der Waals surface area contributed by atoms with Gasteiger partial charge in [-0.2, -0.15) is 0 Å². The van der Waals surface area contributed by atoms with Crippen LogP contribution in [0.15, 0.2) is 24.3 Å². The smallest absolute Gasteiger partial charge is 0.351 e. The van der Waals surface area contributed by atoms with E-state index in [1.165, 1.54) is 37.5 Å². The third-order valence-corrected chi connectivity index (χ3v) is 8.99. The largest absolute Gasteiger partial charge is 0.482 e. The Hall–Kier alpha value is -2.87.